The van der Waals surface area contributed by atoms with Gasteiger partial charge >= 0.3 is 0 Å². The van der Waals surface area contributed by atoms with Crippen molar-refractivity contribution >= 4 is 0 Å². The fourth-order valence-electron chi connectivity index (χ4n) is 1.42. The standard InChI is InChI=1S/C11H22N4O/c1-10(8-12-6-7-16-3)13-9-11-4-5-14-15(11)2/h4-5,10,12-13H,6-9H2,1-3H3. The zero-order valence-corrected chi connectivity index (χ0v) is 10.4. The predicted octanol–water partition coefficient (Wildman–Crippen LogP) is 0.134. The molecular weight excluding hydrogens is 204 g/mol. The number of ether oxygens (including phenoxy) is 1. The normalized spacial score (nSPS) is 12.9. The summed E-state index contributed by atoms with van der Waals surface area (Å²) >= 11 is 0. The first-order valence-electron chi connectivity index (χ1n) is 5.64. The van der Waals surface area contributed by atoms with Gasteiger partial charge in [-0.3, -0.25) is 4.68 Å². The van der Waals surface area contributed by atoms with Gasteiger partial charge < -0.3 is 15.4 Å². The first kappa shape index (κ1) is 13.2. The highest BCUT2D eigenvalue weighted by atomic mass is 16.5. The number of nitrogens with one attached hydrogen (secondary N) is 2. The number of nitrogens with zero attached hydrogens (tertiary/aromatic N) is 2. The molecular formula is C11H22N4O. The molecule has 5 nitrogen and oxygen atoms in total. The SMILES string of the molecule is COCCNCC(C)NCc1ccnn1C. The molecule has 1 aromatic rings. The molecule has 0 radical (unpaired) electrons. The summed E-state index contributed by atoms with van der Waals surface area (Å²) in [6, 6.07) is 2.46. The quantitative estimate of drug-likeness (QED) is 0.619. The fraction of sp³-hybridized carbons (Fsp3) is 0.727. The van der Waals surface area contributed by atoms with Gasteiger partial charge in [-0.2, -0.15) is 5.10 Å². The van der Waals surface area contributed by atoms with E-state index in [2.05, 4.69) is 22.7 Å². The lowest BCUT2D eigenvalue weighted by Gasteiger charge is -2.14. The average Bonchev–Trinajstić information content (AvgIpc) is 2.67. The molecule has 0 saturated heterocycles. The Morgan fingerprint density at radius 1 is 1.56 bits per heavy atom. The van der Waals surface area contributed by atoms with E-state index < -0.39 is 0 Å². The number of hydrogen-bond donors (Lipinski definition) is 2. The van der Waals surface area contributed by atoms with Crippen LogP contribution < -0.4 is 10.6 Å². The van der Waals surface area contributed by atoms with Crippen LogP contribution in [-0.2, 0) is 18.3 Å². The van der Waals surface area contributed by atoms with Crippen LogP contribution in [0.2, 0.25) is 0 Å². The fourth-order valence-corrected chi connectivity index (χ4v) is 1.42. The summed E-state index contributed by atoms with van der Waals surface area (Å²) in [5, 5.41) is 10.9. The van der Waals surface area contributed by atoms with Gasteiger partial charge in [0.15, 0.2) is 0 Å². The van der Waals surface area contributed by atoms with Crippen LogP contribution in [0.25, 0.3) is 0 Å². The minimum atomic E-state index is 0.437. The maximum Gasteiger partial charge on any atom is 0.0587 e. The predicted molar refractivity (Wildman–Crippen MR) is 64.3 cm³/mol. The molecule has 0 aliphatic carbocycles. The summed E-state index contributed by atoms with van der Waals surface area (Å²) in [4.78, 5) is 0. The second-order valence-electron chi connectivity index (χ2n) is 3.93. The van der Waals surface area contributed by atoms with Crippen molar-refractivity contribution in [3.63, 3.8) is 0 Å². The van der Waals surface area contributed by atoms with Gasteiger partial charge in [-0.1, -0.05) is 0 Å². The summed E-state index contributed by atoms with van der Waals surface area (Å²) in [5.41, 5.74) is 1.20. The van der Waals surface area contributed by atoms with Crippen molar-refractivity contribution in [3.8, 4) is 0 Å². The van der Waals surface area contributed by atoms with Crippen molar-refractivity contribution in [2.75, 3.05) is 26.8 Å². The van der Waals surface area contributed by atoms with E-state index in [9.17, 15) is 0 Å². The zero-order valence-electron chi connectivity index (χ0n) is 10.4. The van der Waals surface area contributed by atoms with Crippen molar-refractivity contribution in [1.82, 2.24) is 20.4 Å². The van der Waals surface area contributed by atoms with Crippen molar-refractivity contribution < 1.29 is 4.74 Å². The van der Waals surface area contributed by atoms with Gasteiger partial charge in [0, 0.05) is 46.0 Å². The molecule has 16 heavy (non-hydrogen) atoms. The summed E-state index contributed by atoms with van der Waals surface area (Å²) in [5.74, 6) is 0. The zero-order chi connectivity index (χ0) is 11.8. The van der Waals surface area contributed by atoms with E-state index in [4.69, 9.17) is 4.74 Å². The minimum absolute atomic E-state index is 0.437. The van der Waals surface area contributed by atoms with Crippen molar-refractivity contribution in [1.29, 1.82) is 0 Å². The Morgan fingerprint density at radius 2 is 2.38 bits per heavy atom. The molecule has 5 heteroatoms. The van der Waals surface area contributed by atoms with Crippen LogP contribution in [-0.4, -0.2) is 42.6 Å². The Balaban J connectivity index is 2.10. The molecule has 1 heterocycles. The van der Waals surface area contributed by atoms with Crippen molar-refractivity contribution in [3.05, 3.63) is 18.0 Å². The summed E-state index contributed by atoms with van der Waals surface area (Å²) in [6.07, 6.45) is 1.82. The van der Waals surface area contributed by atoms with Crippen LogP contribution >= 0.6 is 0 Å². The van der Waals surface area contributed by atoms with Gasteiger partial charge in [0.1, 0.15) is 0 Å². The van der Waals surface area contributed by atoms with E-state index >= 15 is 0 Å². The molecule has 2 N–H and O–H groups in total. The Kier molecular flexibility index (Phi) is 6.07. The summed E-state index contributed by atoms with van der Waals surface area (Å²) < 4.78 is 6.85. The number of aryl methyl sites for hydroxylation is 1. The molecule has 0 aromatic carbocycles. The molecule has 0 spiro atoms. The molecule has 0 aliphatic heterocycles. The van der Waals surface area contributed by atoms with E-state index in [1.54, 1.807) is 7.11 Å². The Morgan fingerprint density at radius 3 is 3.00 bits per heavy atom. The molecule has 1 aromatic heterocycles. The smallest absolute Gasteiger partial charge is 0.0587 e. The van der Waals surface area contributed by atoms with Crippen molar-refractivity contribution in [2.24, 2.45) is 7.05 Å². The highest BCUT2D eigenvalue weighted by molar-refractivity contribution is 4.99. The lowest BCUT2D eigenvalue weighted by Crippen LogP contribution is -2.37. The third-order valence-electron chi connectivity index (χ3n) is 2.49. The molecule has 0 aliphatic rings. The molecule has 0 fully saturated rings. The molecule has 0 bridgehead atoms. The second-order valence-corrected chi connectivity index (χ2v) is 3.93. The maximum atomic E-state index is 4.96. The highest BCUT2D eigenvalue weighted by Crippen LogP contribution is 1.95. The van der Waals surface area contributed by atoms with Crippen LogP contribution in [0.5, 0.6) is 0 Å². The van der Waals surface area contributed by atoms with Gasteiger partial charge in [-0.15, -0.1) is 0 Å². The van der Waals surface area contributed by atoms with Gasteiger partial charge in [0.05, 0.1) is 12.3 Å². The largest absolute Gasteiger partial charge is 0.383 e. The Bertz CT molecular complexity index is 287. The van der Waals surface area contributed by atoms with E-state index in [1.807, 2.05) is 24.0 Å². The van der Waals surface area contributed by atoms with E-state index in [0.29, 0.717) is 6.04 Å². The Labute approximate surface area is 97.2 Å². The monoisotopic (exact) mass is 226 g/mol. The van der Waals surface area contributed by atoms with Crippen LogP contribution in [0.4, 0.5) is 0 Å². The van der Waals surface area contributed by atoms with E-state index in [0.717, 1.165) is 26.2 Å². The molecule has 0 amide bonds. The van der Waals surface area contributed by atoms with Gasteiger partial charge in [-0.05, 0) is 13.0 Å². The minimum Gasteiger partial charge on any atom is -0.383 e. The Hall–Kier alpha value is -0.910. The van der Waals surface area contributed by atoms with E-state index in [-0.39, 0.29) is 0 Å². The highest BCUT2D eigenvalue weighted by Gasteiger charge is 2.02. The van der Waals surface area contributed by atoms with Crippen LogP contribution in [0.15, 0.2) is 12.3 Å². The molecule has 92 valence electrons. The third kappa shape index (κ3) is 4.74. The van der Waals surface area contributed by atoms with E-state index in [1.165, 1.54) is 5.69 Å². The summed E-state index contributed by atoms with van der Waals surface area (Å²) in [7, 11) is 3.67. The number of aromatic nitrogens is 2. The first-order valence-corrected chi connectivity index (χ1v) is 5.64. The van der Waals surface area contributed by atoms with Gasteiger partial charge in [-0.25, -0.2) is 0 Å². The lowest BCUT2D eigenvalue weighted by molar-refractivity contribution is 0.198. The van der Waals surface area contributed by atoms with Gasteiger partial charge in [0.2, 0.25) is 0 Å². The first-order chi connectivity index (χ1) is 7.74. The van der Waals surface area contributed by atoms with Crippen LogP contribution in [0.3, 0.4) is 0 Å². The topological polar surface area (TPSA) is 51.1 Å². The van der Waals surface area contributed by atoms with Crippen LogP contribution in [0.1, 0.15) is 12.6 Å². The second kappa shape index (κ2) is 7.38. The van der Waals surface area contributed by atoms with Gasteiger partial charge in [0.25, 0.3) is 0 Å². The number of hydrogen-bond acceptors (Lipinski definition) is 4. The van der Waals surface area contributed by atoms with Crippen LogP contribution in [0, 0.1) is 0 Å². The third-order valence-corrected chi connectivity index (χ3v) is 2.49. The van der Waals surface area contributed by atoms with Crippen molar-refractivity contribution in [2.45, 2.75) is 19.5 Å². The summed E-state index contributed by atoms with van der Waals surface area (Å²) in [6.45, 7) is 5.61. The molecule has 1 unspecified atom stereocenters. The molecule has 1 rings (SSSR count). The number of rotatable bonds is 8. The maximum absolute atomic E-state index is 4.96. The molecule has 1 atom stereocenters. The molecule has 0 saturated carbocycles. The lowest BCUT2D eigenvalue weighted by atomic mass is 10.3. The average molecular weight is 226 g/mol. The number of methoxy groups -OCH3 is 1.